The molecule has 0 aromatic carbocycles. The number of carbonyl (C=O) groups excluding carboxylic acids is 2. The fourth-order valence-corrected chi connectivity index (χ4v) is 2.06. The average molecular weight is 373 g/mol. The molecule has 0 bridgehead atoms. The normalized spacial score (nSPS) is 10.5. The molecule has 2 aromatic heterocycles. The summed E-state index contributed by atoms with van der Waals surface area (Å²) in [6.07, 6.45) is 5.50. The lowest BCUT2D eigenvalue weighted by atomic mass is 10.2. The highest BCUT2D eigenvalue weighted by Gasteiger charge is 2.23. The van der Waals surface area contributed by atoms with Crippen molar-refractivity contribution in [1.82, 2.24) is 20.1 Å². The second-order valence-corrected chi connectivity index (χ2v) is 5.19. The molecule has 26 heavy (non-hydrogen) atoms. The van der Waals surface area contributed by atoms with E-state index >= 15 is 0 Å². The summed E-state index contributed by atoms with van der Waals surface area (Å²) < 4.78 is 5.33. The molecule has 0 radical (unpaired) electrons. The van der Waals surface area contributed by atoms with Crippen molar-refractivity contribution in [2.75, 3.05) is 13.7 Å². The molecule has 2 aromatic rings. The van der Waals surface area contributed by atoms with E-state index in [2.05, 4.69) is 31.7 Å². The van der Waals surface area contributed by atoms with Gasteiger partial charge in [-0.1, -0.05) is 6.08 Å². The first-order valence-electron chi connectivity index (χ1n) is 7.30. The lowest BCUT2D eigenvalue weighted by molar-refractivity contribution is 0.0593. The summed E-state index contributed by atoms with van der Waals surface area (Å²) in [5.41, 5.74) is -0.911. The largest absolute Gasteiger partial charge is 0.464 e. The molecular weight excluding hydrogens is 358 g/mol. The van der Waals surface area contributed by atoms with Gasteiger partial charge in [0.25, 0.3) is 11.5 Å². The minimum atomic E-state index is -0.824. The van der Waals surface area contributed by atoms with Gasteiger partial charge in [0.2, 0.25) is 0 Å². The molecular formula is C16H15N5O4S. The smallest absolute Gasteiger partial charge is 0.356 e. The zero-order chi connectivity index (χ0) is 19.1. The van der Waals surface area contributed by atoms with Gasteiger partial charge >= 0.3 is 5.97 Å². The number of hydrogen-bond acceptors (Lipinski definition) is 6. The standard InChI is InChI=1S/C16H15N5O4S/c1-3-6-18-16(26)19-9-11-12(15(24)25-2)20-21(14(11)23)13(22)10-4-7-17-8-5-10/h3-5,7-9,20H,1,6H2,2H3,(H,18,26)/b19-9+. The van der Waals surface area contributed by atoms with Crippen molar-refractivity contribution in [1.29, 1.82) is 0 Å². The number of H-pyrrole nitrogens is 1. The van der Waals surface area contributed by atoms with Crippen LogP contribution in [-0.4, -0.2) is 51.6 Å². The molecule has 0 amide bonds. The van der Waals surface area contributed by atoms with Crippen LogP contribution in [0.15, 0.2) is 47.0 Å². The molecule has 0 spiro atoms. The molecule has 0 saturated heterocycles. The Morgan fingerprint density at radius 1 is 1.46 bits per heavy atom. The molecule has 0 fully saturated rings. The summed E-state index contributed by atoms with van der Waals surface area (Å²) in [6, 6.07) is 2.88. The summed E-state index contributed by atoms with van der Waals surface area (Å²) in [5, 5.41) is 5.29. The van der Waals surface area contributed by atoms with E-state index in [4.69, 9.17) is 12.2 Å². The number of rotatable bonds is 5. The molecule has 2 N–H and O–H groups in total. The maximum atomic E-state index is 12.6. The summed E-state index contributed by atoms with van der Waals surface area (Å²) in [5.74, 6) is -1.48. The van der Waals surface area contributed by atoms with Crippen LogP contribution in [0.2, 0.25) is 0 Å². The van der Waals surface area contributed by atoms with Crippen LogP contribution in [0.25, 0.3) is 0 Å². The van der Waals surface area contributed by atoms with Crippen molar-refractivity contribution in [3.63, 3.8) is 0 Å². The van der Waals surface area contributed by atoms with E-state index in [0.717, 1.165) is 13.3 Å². The van der Waals surface area contributed by atoms with Gasteiger partial charge in [0.1, 0.15) is 0 Å². The topological polar surface area (TPSA) is 118 Å². The third kappa shape index (κ3) is 4.16. The van der Waals surface area contributed by atoms with Crippen LogP contribution in [0.4, 0.5) is 0 Å². The van der Waals surface area contributed by atoms with Crippen molar-refractivity contribution in [2.24, 2.45) is 4.99 Å². The Morgan fingerprint density at radius 2 is 2.15 bits per heavy atom. The third-order valence-corrected chi connectivity index (χ3v) is 3.40. The van der Waals surface area contributed by atoms with Crippen LogP contribution >= 0.6 is 12.2 Å². The monoisotopic (exact) mass is 373 g/mol. The molecule has 0 saturated carbocycles. The molecule has 134 valence electrons. The second-order valence-electron chi connectivity index (χ2n) is 4.81. The van der Waals surface area contributed by atoms with Crippen LogP contribution < -0.4 is 10.9 Å². The number of aliphatic imine (C=N–C) groups is 1. The predicted molar refractivity (Wildman–Crippen MR) is 98.7 cm³/mol. The van der Waals surface area contributed by atoms with Crippen LogP contribution in [0.5, 0.6) is 0 Å². The first-order chi connectivity index (χ1) is 12.5. The highest BCUT2D eigenvalue weighted by molar-refractivity contribution is 7.80. The van der Waals surface area contributed by atoms with Crippen molar-refractivity contribution in [3.8, 4) is 0 Å². The van der Waals surface area contributed by atoms with Crippen molar-refractivity contribution in [2.45, 2.75) is 0 Å². The highest BCUT2D eigenvalue weighted by Crippen LogP contribution is 2.05. The highest BCUT2D eigenvalue weighted by atomic mass is 32.1. The minimum absolute atomic E-state index is 0.0910. The fraction of sp³-hybridized carbons (Fsp3) is 0.125. The number of carbonyl (C=O) groups is 2. The molecule has 0 aliphatic carbocycles. The number of pyridine rings is 1. The van der Waals surface area contributed by atoms with Crippen molar-refractivity contribution >= 4 is 35.4 Å². The Kier molecular flexibility index (Phi) is 6.28. The Morgan fingerprint density at radius 3 is 2.77 bits per heavy atom. The number of nitrogens with zero attached hydrogens (tertiary/aromatic N) is 3. The third-order valence-electron chi connectivity index (χ3n) is 3.15. The summed E-state index contributed by atoms with van der Waals surface area (Å²) in [4.78, 5) is 44.7. The van der Waals surface area contributed by atoms with Crippen LogP contribution in [-0.2, 0) is 4.74 Å². The van der Waals surface area contributed by atoms with Crippen LogP contribution in [0.1, 0.15) is 26.4 Å². The molecule has 9 nitrogen and oxygen atoms in total. The summed E-state index contributed by atoms with van der Waals surface area (Å²) in [6.45, 7) is 3.92. The number of aromatic nitrogens is 3. The van der Waals surface area contributed by atoms with E-state index in [-0.39, 0.29) is 21.9 Å². The molecule has 10 heteroatoms. The fourth-order valence-electron chi connectivity index (χ4n) is 1.92. The van der Waals surface area contributed by atoms with Gasteiger partial charge in [0, 0.05) is 30.7 Å². The van der Waals surface area contributed by atoms with Gasteiger partial charge in [-0.3, -0.25) is 19.7 Å². The lowest BCUT2D eigenvalue weighted by Crippen LogP contribution is -2.27. The molecule has 0 unspecified atom stereocenters. The zero-order valence-corrected chi connectivity index (χ0v) is 14.6. The van der Waals surface area contributed by atoms with E-state index < -0.39 is 17.4 Å². The number of nitrogens with one attached hydrogen (secondary N) is 2. The van der Waals surface area contributed by atoms with Crippen molar-refractivity contribution < 1.29 is 14.3 Å². The van der Waals surface area contributed by atoms with Gasteiger partial charge in [0.05, 0.1) is 12.7 Å². The zero-order valence-electron chi connectivity index (χ0n) is 13.8. The number of methoxy groups -OCH3 is 1. The van der Waals surface area contributed by atoms with E-state index in [1.165, 1.54) is 24.5 Å². The minimum Gasteiger partial charge on any atom is -0.464 e. The first kappa shape index (κ1) is 18.9. The number of ether oxygens (including phenoxy) is 1. The van der Waals surface area contributed by atoms with E-state index in [1.54, 1.807) is 6.08 Å². The Labute approximate surface area is 153 Å². The summed E-state index contributed by atoms with van der Waals surface area (Å²) in [7, 11) is 1.15. The van der Waals surface area contributed by atoms with E-state index in [0.29, 0.717) is 11.2 Å². The number of hydrogen-bond donors (Lipinski definition) is 2. The first-order valence-corrected chi connectivity index (χ1v) is 7.71. The number of aromatic amines is 1. The second kappa shape index (κ2) is 8.62. The maximum Gasteiger partial charge on any atom is 0.356 e. The SMILES string of the molecule is C=CCNC(=S)/N=C/c1c(C(=O)OC)[nH]n(C(=O)c2ccncc2)c1=O. The van der Waals surface area contributed by atoms with E-state index in [9.17, 15) is 14.4 Å². The molecule has 0 atom stereocenters. The Bertz CT molecular complexity index is 930. The summed E-state index contributed by atoms with van der Waals surface area (Å²) >= 11 is 4.97. The lowest BCUT2D eigenvalue weighted by Gasteiger charge is -2.00. The van der Waals surface area contributed by atoms with Gasteiger partial charge in [0.15, 0.2) is 10.8 Å². The quantitative estimate of drug-likeness (QED) is 0.340. The Balaban J connectivity index is 2.45. The molecule has 0 aliphatic heterocycles. The maximum absolute atomic E-state index is 12.6. The number of thiocarbonyl (C=S) groups is 1. The van der Waals surface area contributed by atoms with Gasteiger partial charge < -0.3 is 10.1 Å². The number of esters is 1. The van der Waals surface area contributed by atoms with Crippen molar-refractivity contribution in [3.05, 3.63) is 64.4 Å². The van der Waals surface area contributed by atoms with Crippen LogP contribution in [0.3, 0.4) is 0 Å². The molecule has 2 rings (SSSR count). The van der Waals surface area contributed by atoms with Gasteiger partial charge in [-0.05, 0) is 24.4 Å². The van der Waals surface area contributed by atoms with Gasteiger partial charge in [-0.25, -0.2) is 9.79 Å². The Hall–Kier alpha value is -3.40. The van der Waals surface area contributed by atoms with Gasteiger partial charge in [-0.15, -0.1) is 6.58 Å². The van der Waals surface area contributed by atoms with Crippen LogP contribution in [0, 0.1) is 0 Å². The molecule has 2 heterocycles. The van der Waals surface area contributed by atoms with E-state index in [1.807, 2.05) is 0 Å². The van der Waals surface area contributed by atoms with Gasteiger partial charge in [-0.2, -0.15) is 4.68 Å². The molecule has 0 aliphatic rings. The predicted octanol–water partition coefficient (Wildman–Crippen LogP) is 0.526. The average Bonchev–Trinajstić information content (AvgIpc) is 3.00.